The van der Waals surface area contributed by atoms with E-state index in [0.717, 1.165) is 5.56 Å². The Morgan fingerprint density at radius 1 is 1.07 bits per heavy atom. The number of ketones is 1. The van der Waals surface area contributed by atoms with Crippen LogP contribution in [0.4, 0.5) is 0 Å². The van der Waals surface area contributed by atoms with Gasteiger partial charge in [0.1, 0.15) is 11.8 Å². The second-order valence-corrected chi connectivity index (χ2v) is 13.1. The highest BCUT2D eigenvalue weighted by Gasteiger charge is 2.23. The molecule has 1 N–H and O–H groups in total. The number of nitrogens with zero attached hydrogens (tertiary/aromatic N) is 1. The molecule has 0 aliphatic heterocycles. The molecule has 6 heteroatoms. The smallest absolute Gasteiger partial charge is 0.221 e. The van der Waals surface area contributed by atoms with E-state index in [1.165, 1.54) is 5.19 Å². The summed E-state index contributed by atoms with van der Waals surface area (Å²) in [5, 5.41) is 12.8. The van der Waals surface area contributed by atoms with E-state index in [-0.39, 0.29) is 31.0 Å². The number of hydrogen-bond acceptors (Lipinski definition) is 4. The fourth-order valence-electron chi connectivity index (χ4n) is 2.97. The van der Waals surface area contributed by atoms with Gasteiger partial charge < -0.3 is 10.1 Å². The molecule has 0 fully saturated rings. The number of rotatable bonds is 9. The third-order valence-electron chi connectivity index (χ3n) is 4.74. The van der Waals surface area contributed by atoms with E-state index in [0.29, 0.717) is 11.3 Å². The summed E-state index contributed by atoms with van der Waals surface area (Å²) < 4.78 is 5.17. The topological polar surface area (TPSA) is 79.2 Å². The first-order valence-electron chi connectivity index (χ1n) is 9.67. The largest absolute Gasteiger partial charge is 0.497 e. The van der Waals surface area contributed by atoms with Crippen molar-refractivity contribution in [2.75, 3.05) is 7.11 Å². The minimum atomic E-state index is -1.39. The number of carbonyl (C=O) groups is 2. The second-order valence-electron chi connectivity index (χ2n) is 8.02. The summed E-state index contributed by atoms with van der Waals surface area (Å²) in [4.78, 5) is 25.2. The maximum atomic E-state index is 13.1. The minimum absolute atomic E-state index is 0.0708. The predicted molar refractivity (Wildman–Crippen MR) is 117 cm³/mol. The van der Waals surface area contributed by atoms with Crippen molar-refractivity contribution in [3.8, 4) is 11.8 Å². The summed E-state index contributed by atoms with van der Waals surface area (Å²) in [6.07, 6.45) is 0.413. The highest BCUT2D eigenvalue weighted by molar-refractivity contribution is 6.88. The van der Waals surface area contributed by atoms with E-state index in [9.17, 15) is 9.59 Å². The standard InChI is InChI=1S/C23H28N2O3Si/c1-28-19-11-9-18(10-12-19)23(25-22(27)6-5-15-24)21(26)16-17-7-13-20(14-8-17)29(2,3)4/h7-14,23H,5-6,16H2,1-4H3,(H,25,27). The van der Waals surface area contributed by atoms with Crippen LogP contribution in [0.3, 0.4) is 0 Å². The van der Waals surface area contributed by atoms with Gasteiger partial charge in [-0.25, -0.2) is 0 Å². The number of carbonyl (C=O) groups excluding carboxylic acids is 2. The number of ether oxygens (including phenoxy) is 1. The molecule has 1 unspecified atom stereocenters. The Morgan fingerprint density at radius 2 is 1.69 bits per heavy atom. The number of hydrogen-bond donors (Lipinski definition) is 1. The highest BCUT2D eigenvalue weighted by atomic mass is 28.3. The second kappa shape index (κ2) is 10.0. The number of methoxy groups -OCH3 is 1. The molecule has 0 radical (unpaired) electrons. The van der Waals surface area contributed by atoms with Crippen LogP contribution in [0.15, 0.2) is 48.5 Å². The van der Waals surface area contributed by atoms with E-state index < -0.39 is 14.1 Å². The van der Waals surface area contributed by atoms with Gasteiger partial charge in [0.15, 0.2) is 5.78 Å². The molecule has 0 bridgehead atoms. The predicted octanol–water partition coefficient (Wildman–Crippen LogP) is 3.51. The van der Waals surface area contributed by atoms with Crippen molar-refractivity contribution < 1.29 is 14.3 Å². The van der Waals surface area contributed by atoms with Gasteiger partial charge in [0, 0.05) is 19.3 Å². The van der Waals surface area contributed by atoms with Crippen molar-refractivity contribution in [2.45, 2.75) is 44.9 Å². The van der Waals surface area contributed by atoms with E-state index in [1.807, 2.05) is 18.2 Å². The zero-order valence-electron chi connectivity index (χ0n) is 17.5. The van der Waals surface area contributed by atoms with Crippen molar-refractivity contribution in [3.63, 3.8) is 0 Å². The van der Waals surface area contributed by atoms with E-state index in [1.54, 1.807) is 31.4 Å². The fourth-order valence-corrected chi connectivity index (χ4v) is 4.14. The lowest BCUT2D eigenvalue weighted by atomic mass is 9.97. The van der Waals surface area contributed by atoms with Gasteiger partial charge in [0.25, 0.3) is 0 Å². The number of nitrogens with one attached hydrogen (secondary N) is 1. The molecule has 1 atom stereocenters. The molecule has 5 nitrogen and oxygen atoms in total. The Kier molecular flexibility index (Phi) is 7.74. The molecule has 1 amide bonds. The molecule has 0 spiro atoms. The Balaban J connectivity index is 2.20. The molecule has 0 saturated heterocycles. The minimum Gasteiger partial charge on any atom is -0.497 e. The van der Waals surface area contributed by atoms with E-state index >= 15 is 0 Å². The van der Waals surface area contributed by atoms with Crippen molar-refractivity contribution in [2.24, 2.45) is 0 Å². The fraction of sp³-hybridized carbons (Fsp3) is 0.348. The van der Waals surface area contributed by atoms with Gasteiger partial charge in [-0.15, -0.1) is 0 Å². The van der Waals surface area contributed by atoms with Gasteiger partial charge in [0.2, 0.25) is 5.91 Å². The van der Waals surface area contributed by atoms with Gasteiger partial charge in [-0.1, -0.05) is 61.2 Å². The average molecular weight is 409 g/mol. The van der Waals surface area contributed by atoms with Crippen LogP contribution in [0.1, 0.15) is 30.0 Å². The molecule has 0 aromatic heterocycles. The monoisotopic (exact) mass is 408 g/mol. The van der Waals surface area contributed by atoms with Crippen molar-refractivity contribution >= 4 is 25.0 Å². The van der Waals surface area contributed by atoms with Crippen molar-refractivity contribution in [3.05, 3.63) is 59.7 Å². The SMILES string of the molecule is COc1ccc(C(NC(=O)CCC#N)C(=O)Cc2ccc([Si](C)(C)C)cc2)cc1. The normalized spacial score (nSPS) is 12.0. The van der Waals surface area contributed by atoms with Gasteiger partial charge >= 0.3 is 0 Å². The summed E-state index contributed by atoms with van der Waals surface area (Å²) in [5.41, 5.74) is 1.61. The molecule has 29 heavy (non-hydrogen) atoms. The van der Waals surface area contributed by atoms with Crippen molar-refractivity contribution in [1.29, 1.82) is 5.26 Å². The Morgan fingerprint density at radius 3 is 2.21 bits per heavy atom. The number of nitriles is 1. The lowest BCUT2D eigenvalue weighted by molar-refractivity contribution is -0.127. The summed E-state index contributed by atoms with van der Waals surface area (Å²) in [6, 6.07) is 16.5. The average Bonchev–Trinajstić information content (AvgIpc) is 2.70. The molecular weight excluding hydrogens is 380 g/mol. The van der Waals surface area contributed by atoms with Gasteiger partial charge in [-0.3, -0.25) is 9.59 Å². The van der Waals surface area contributed by atoms with E-state index in [2.05, 4.69) is 37.1 Å². The third kappa shape index (κ3) is 6.58. The Labute approximate surface area is 173 Å². The maximum Gasteiger partial charge on any atom is 0.221 e. The van der Waals surface area contributed by atoms with Crippen LogP contribution in [0.5, 0.6) is 5.75 Å². The zero-order valence-corrected chi connectivity index (χ0v) is 18.5. The van der Waals surface area contributed by atoms with Crippen LogP contribution in [-0.4, -0.2) is 26.9 Å². The molecule has 0 aliphatic rings. The van der Waals surface area contributed by atoms with Crippen LogP contribution in [-0.2, 0) is 16.0 Å². The Bertz CT molecular complexity index is 878. The first kappa shape index (κ1) is 22.4. The van der Waals surface area contributed by atoms with Crippen LogP contribution >= 0.6 is 0 Å². The summed E-state index contributed by atoms with van der Waals surface area (Å²) in [5.74, 6) is 0.272. The van der Waals surface area contributed by atoms with Crippen LogP contribution in [0.2, 0.25) is 19.6 Å². The molecule has 0 heterocycles. The third-order valence-corrected chi connectivity index (χ3v) is 6.80. The molecular formula is C23H28N2O3Si. The van der Waals surface area contributed by atoms with E-state index in [4.69, 9.17) is 10.00 Å². The van der Waals surface area contributed by atoms with Crippen LogP contribution < -0.4 is 15.2 Å². The summed E-state index contributed by atoms with van der Waals surface area (Å²) >= 11 is 0. The number of Topliss-reactive ketones (excluding diaryl/α,β-unsaturated/α-hetero) is 1. The van der Waals surface area contributed by atoms with Gasteiger partial charge in [-0.05, 0) is 23.3 Å². The highest BCUT2D eigenvalue weighted by Crippen LogP contribution is 2.20. The molecule has 2 aromatic carbocycles. The quantitative estimate of drug-likeness (QED) is 0.644. The Hall–Kier alpha value is -2.91. The van der Waals surface area contributed by atoms with Crippen LogP contribution in [0, 0.1) is 11.3 Å². The lowest BCUT2D eigenvalue weighted by Gasteiger charge is -2.19. The molecule has 0 aliphatic carbocycles. The molecule has 2 rings (SSSR count). The zero-order chi connectivity index (χ0) is 21.4. The summed E-state index contributed by atoms with van der Waals surface area (Å²) in [7, 11) is 0.180. The van der Waals surface area contributed by atoms with Crippen molar-refractivity contribution in [1.82, 2.24) is 5.32 Å². The maximum absolute atomic E-state index is 13.1. The summed E-state index contributed by atoms with van der Waals surface area (Å²) in [6.45, 7) is 6.84. The first-order valence-corrected chi connectivity index (χ1v) is 13.2. The number of amides is 1. The molecule has 2 aromatic rings. The molecule has 152 valence electrons. The van der Waals surface area contributed by atoms with Gasteiger partial charge in [0.05, 0.1) is 21.3 Å². The lowest BCUT2D eigenvalue weighted by Crippen LogP contribution is -2.37. The molecule has 0 saturated carbocycles. The first-order chi connectivity index (χ1) is 13.7. The number of benzene rings is 2. The van der Waals surface area contributed by atoms with Crippen LogP contribution in [0.25, 0.3) is 0 Å². The van der Waals surface area contributed by atoms with Gasteiger partial charge in [-0.2, -0.15) is 5.26 Å².